The first-order valence-electron chi connectivity index (χ1n) is 10.3. The summed E-state index contributed by atoms with van der Waals surface area (Å²) in [6.07, 6.45) is 17.0. The van der Waals surface area contributed by atoms with Crippen molar-refractivity contribution in [3.8, 4) is 0 Å². The first-order valence-corrected chi connectivity index (χ1v) is 10.3. The molecule has 1 atom stereocenters. The SMILES string of the molecule is CCCCCCCCCCCCCC(C(=O)O)c1ccc[n+](C)c1C. The molecule has 3 nitrogen and oxygen atoms in total. The predicted molar refractivity (Wildman–Crippen MR) is 104 cm³/mol. The normalized spacial score (nSPS) is 12.3. The number of hydrogen-bond acceptors (Lipinski definition) is 1. The van der Waals surface area contributed by atoms with Crippen LogP contribution < -0.4 is 4.57 Å². The molecular formula is C22H38NO2+. The van der Waals surface area contributed by atoms with Gasteiger partial charge in [0.2, 0.25) is 0 Å². The van der Waals surface area contributed by atoms with Crippen molar-refractivity contribution in [1.82, 2.24) is 0 Å². The molecule has 3 heteroatoms. The number of carboxylic acid groups (broad SMARTS) is 1. The smallest absolute Gasteiger partial charge is 0.311 e. The lowest BCUT2D eigenvalue weighted by Crippen LogP contribution is -2.33. The maximum atomic E-state index is 11.7. The van der Waals surface area contributed by atoms with E-state index >= 15 is 0 Å². The number of hydrogen-bond donors (Lipinski definition) is 1. The molecule has 1 rings (SSSR count). The lowest BCUT2D eigenvalue weighted by molar-refractivity contribution is -0.678. The molecular weight excluding hydrogens is 310 g/mol. The molecule has 0 amide bonds. The Balaban J connectivity index is 2.20. The number of nitrogens with zero attached hydrogens (tertiary/aromatic N) is 1. The zero-order valence-corrected chi connectivity index (χ0v) is 16.6. The molecule has 1 heterocycles. The molecule has 0 spiro atoms. The largest absolute Gasteiger partial charge is 0.481 e. The highest BCUT2D eigenvalue weighted by Crippen LogP contribution is 2.24. The van der Waals surface area contributed by atoms with Gasteiger partial charge in [0.05, 0.1) is 5.92 Å². The van der Waals surface area contributed by atoms with Crippen molar-refractivity contribution in [3.05, 3.63) is 29.6 Å². The van der Waals surface area contributed by atoms with Crippen molar-refractivity contribution >= 4 is 5.97 Å². The third-order valence-electron chi connectivity index (χ3n) is 5.30. The van der Waals surface area contributed by atoms with Crippen molar-refractivity contribution in [2.75, 3.05) is 0 Å². The quantitative estimate of drug-likeness (QED) is 0.347. The molecule has 25 heavy (non-hydrogen) atoms. The standard InChI is InChI=1S/C22H37NO2/c1-4-5-6-7-8-9-10-11-12-13-14-16-21(22(24)25)20-17-15-18-23(3)19(20)2/h15,17-18,21H,4-14,16H2,1-3H3/p+1. The molecule has 0 fully saturated rings. The first-order chi connectivity index (χ1) is 12.1. The molecule has 1 N–H and O–H groups in total. The molecule has 1 aromatic heterocycles. The van der Waals surface area contributed by atoms with Crippen LogP contribution in [0.4, 0.5) is 0 Å². The lowest BCUT2D eigenvalue weighted by Gasteiger charge is -2.13. The van der Waals surface area contributed by atoms with Crippen LogP contribution in [0, 0.1) is 6.92 Å². The monoisotopic (exact) mass is 348 g/mol. The second kappa shape index (κ2) is 12.9. The highest BCUT2D eigenvalue weighted by molar-refractivity contribution is 5.76. The minimum absolute atomic E-state index is 0.369. The minimum Gasteiger partial charge on any atom is -0.481 e. The molecule has 0 saturated heterocycles. The highest BCUT2D eigenvalue weighted by Gasteiger charge is 2.24. The minimum atomic E-state index is -0.693. The number of unbranched alkanes of at least 4 members (excludes halogenated alkanes) is 10. The van der Waals surface area contributed by atoms with Crippen LogP contribution in [0.5, 0.6) is 0 Å². The van der Waals surface area contributed by atoms with Crippen LogP contribution in [0.15, 0.2) is 18.3 Å². The summed E-state index contributed by atoms with van der Waals surface area (Å²) in [5, 5.41) is 9.59. The molecule has 0 radical (unpaired) electrons. The Bertz CT molecular complexity index is 499. The van der Waals surface area contributed by atoms with Crippen LogP contribution in [-0.2, 0) is 11.8 Å². The topological polar surface area (TPSA) is 41.2 Å². The van der Waals surface area contributed by atoms with Gasteiger partial charge in [0.15, 0.2) is 11.9 Å². The molecule has 0 bridgehead atoms. The third-order valence-corrected chi connectivity index (χ3v) is 5.30. The number of aromatic nitrogens is 1. The average Bonchev–Trinajstić information content (AvgIpc) is 2.59. The van der Waals surface area contributed by atoms with E-state index in [2.05, 4.69) is 6.92 Å². The Morgan fingerprint density at radius 2 is 1.52 bits per heavy atom. The van der Waals surface area contributed by atoms with Crippen molar-refractivity contribution in [2.24, 2.45) is 7.05 Å². The zero-order valence-electron chi connectivity index (χ0n) is 16.6. The van der Waals surface area contributed by atoms with Gasteiger partial charge in [0.1, 0.15) is 7.05 Å². The van der Waals surface area contributed by atoms with Crippen LogP contribution in [0.3, 0.4) is 0 Å². The van der Waals surface area contributed by atoms with Crippen LogP contribution in [-0.4, -0.2) is 11.1 Å². The summed E-state index contributed by atoms with van der Waals surface area (Å²) in [7, 11) is 1.97. The van der Waals surface area contributed by atoms with Gasteiger partial charge in [-0.1, -0.05) is 77.6 Å². The van der Waals surface area contributed by atoms with Crippen molar-refractivity contribution < 1.29 is 14.5 Å². The van der Waals surface area contributed by atoms with E-state index < -0.39 is 5.97 Å². The van der Waals surface area contributed by atoms with Gasteiger partial charge in [0, 0.05) is 18.6 Å². The Morgan fingerprint density at radius 3 is 2.04 bits per heavy atom. The fourth-order valence-corrected chi connectivity index (χ4v) is 3.50. The molecule has 142 valence electrons. The number of aryl methyl sites for hydroxylation is 1. The Morgan fingerprint density at radius 1 is 1.00 bits per heavy atom. The number of rotatable bonds is 14. The van der Waals surface area contributed by atoms with Gasteiger partial charge >= 0.3 is 5.97 Å². The van der Waals surface area contributed by atoms with Crippen LogP contribution >= 0.6 is 0 Å². The van der Waals surface area contributed by atoms with E-state index in [1.807, 2.05) is 36.9 Å². The number of pyridine rings is 1. The number of carboxylic acids is 1. The predicted octanol–water partition coefficient (Wildman–Crippen LogP) is 5.69. The summed E-state index contributed by atoms with van der Waals surface area (Å²) in [5.41, 5.74) is 2.02. The maximum Gasteiger partial charge on any atom is 0.311 e. The van der Waals surface area contributed by atoms with E-state index in [1.54, 1.807) is 0 Å². The van der Waals surface area contributed by atoms with Crippen molar-refractivity contribution in [1.29, 1.82) is 0 Å². The van der Waals surface area contributed by atoms with E-state index in [1.165, 1.54) is 57.8 Å². The van der Waals surface area contributed by atoms with Crippen molar-refractivity contribution in [2.45, 2.75) is 96.8 Å². The number of carbonyl (C=O) groups is 1. The molecule has 1 aromatic rings. The molecule has 1 unspecified atom stereocenters. The van der Waals surface area contributed by atoms with Gasteiger partial charge in [-0.15, -0.1) is 0 Å². The van der Waals surface area contributed by atoms with Gasteiger partial charge in [-0.05, 0) is 12.5 Å². The second-order valence-electron chi connectivity index (χ2n) is 7.37. The summed E-state index contributed by atoms with van der Waals surface area (Å²) in [5.74, 6) is -1.06. The van der Waals surface area contributed by atoms with Crippen LogP contribution in [0.1, 0.15) is 101 Å². The highest BCUT2D eigenvalue weighted by atomic mass is 16.4. The third kappa shape index (κ3) is 8.51. The molecule has 0 aliphatic rings. The summed E-state index contributed by atoms with van der Waals surface area (Å²) in [4.78, 5) is 11.7. The Labute approximate surface area is 154 Å². The molecule has 0 aliphatic carbocycles. The van der Waals surface area contributed by atoms with E-state index in [0.29, 0.717) is 0 Å². The van der Waals surface area contributed by atoms with Crippen LogP contribution in [0.25, 0.3) is 0 Å². The van der Waals surface area contributed by atoms with Gasteiger partial charge in [-0.2, -0.15) is 0 Å². The first kappa shape index (κ1) is 21.7. The van der Waals surface area contributed by atoms with E-state index in [4.69, 9.17) is 0 Å². The van der Waals surface area contributed by atoms with Gasteiger partial charge < -0.3 is 5.11 Å². The summed E-state index contributed by atoms with van der Waals surface area (Å²) < 4.78 is 2.01. The van der Waals surface area contributed by atoms with Crippen LogP contribution in [0.2, 0.25) is 0 Å². The van der Waals surface area contributed by atoms with Gasteiger partial charge in [0.25, 0.3) is 0 Å². The summed E-state index contributed by atoms with van der Waals surface area (Å²) >= 11 is 0. The Hall–Kier alpha value is -1.38. The maximum absolute atomic E-state index is 11.7. The zero-order chi connectivity index (χ0) is 18.5. The van der Waals surface area contributed by atoms with E-state index in [-0.39, 0.29) is 5.92 Å². The molecule has 0 saturated carbocycles. The van der Waals surface area contributed by atoms with Crippen molar-refractivity contribution in [3.63, 3.8) is 0 Å². The average molecular weight is 349 g/mol. The fourth-order valence-electron chi connectivity index (χ4n) is 3.50. The summed E-state index contributed by atoms with van der Waals surface area (Å²) in [6.45, 7) is 4.26. The molecule has 0 aromatic carbocycles. The number of aliphatic carboxylic acids is 1. The van der Waals surface area contributed by atoms with E-state index in [0.717, 1.165) is 30.5 Å². The molecule has 0 aliphatic heterocycles. The second-order valence-corrected chi connectivity index (χ2v) is 7.37. The van der Waals surface area contributed by atoms with Gasteiger partial charge in [-0.25, -0.2) is 4.57 Å². The van der Waals surface area contributed by atoms with Gasteiger partial charge in [-0.3, -0.25) is 4.79 Å². The van der Waals surface area contributed by atoms with E-state index in [9.17, 15) is 9.90 Å². The summed E-state index contributed by atoms with van der Waals surface area (Å²) in [6, 6.07) is 3.91. The lowest BCUT2D eigenvalue weighted by atomic mass is 9.92. The fraction of sp³-hybridized carbons (Fsp3) is 0.727. The Kier molecular flexibility index (Phi) is 11.2.